The molecule has 5 heteroatoms. The van der Waals surface area contributed by atoms with Gasteiger partial charge in [0.25, 0.3) is 0 Å². The van der Waals surface area contributed by atoms with Crippen molar-refractivity contribution in [1.29, 1.82) is 0 Å². The highest BCUT2D eigenvalue weighted by molar-refractivity contribution is 6.31. The van der Waals surface area contributed by atoms with Gasteiger partial charge in [-0.2, -0.15) is 0 Å². The number of halogens is 1. The predicted molar refractivity (Wildman–Crippen MR) is 119 cm³/mol. The first-order valence-corrected chi connectivity index (χ1v) is 10.2. The number of carboxylic acid groups (broad SMARTS) is 1. The van der Waals surface area contributed by atoms with E-state index in [1.54, 1.807) is 0 Å². The van der Waals surface area contributed by atoms with Gasteiger partial charge in [0.1, 0.15) is 0 Å². The van der Waals surface area contributed by atoms with E-state index in [0.717, 1.165) is 50.6 Å². The van der Waals surface area contributed by atoms with E-state index in [4.69, 9.17) is 16.6 Å². The predicted octanol–water partition coefficient (Wildman–Crippen LogP) is 6.32. The quantitative estimate of drug-likeness (QED) is 0.421. The number of nitrogens with zero attached hydrogens (tertiary/aromatic N) is 2. The fraction of sp³-hybridized carbons (Fsp3) is 0.250. The van der Waals surface area contributed by atoms with Gasteiger partial charge in [-0.15, -0.1) is 0 Å². The Kier molecular flexibility index (Phi) is 5.05. The molecule has 0 saturated heterocycles. The van der Waals surface area contributed by atoms with Gasteiger partial charge in [0.15, 0.2) is 0 Å². The summed E-state index contributed by atoms with van der Waals surface area (Å²) >= 11 is 6.32. The maximum absolute atomic E-state index is 12.2. The molecule has 148 valence electrons. The van der Waals surface area contributed by atoms with E-state index in [1.165, 1.54) is 0 Å². The summed E-state index contributed by atoms with van der Waals surface area (Å²) in [5.41, 5.74) is 5.39. The summed E-state index contributed by atoms with van der Waals surface area (Å²) in [7, 11) is 2.01. The molecule has 0 spiro atoms. The van der Waals surface area contributed by atoms with Crippen molar-refractivity contribution in [2.24, 2.45) is 7.05 Å². The molecule has 1 N–H and O–H groups in total. The van der Waals surface area contributed by atoms with Crippen molar-refractivity contribution in [3.8, 4) is 11.1 Å². The summed E-state index contributed by atoms with van der Waals surface area (Å²) < 4.78 is 2.07. The van der Waals surface area contributed by atoms with Crippen LogP contribution in [0.3, 0.4) is 0 Å². The highest BCUT2D eigenvalue weighted by atomic mass is 35.5. The minimum Gasteiger partial charge on any atom is -0.481 e. The zero-order valence-corrected chi connectivity index (χ0v) is 17.5. The van der Waals surface area contributed by atoms with E-state index >= 15 is 0 Å². The maximum Gasteiger partial charge on any atom is 0.311 e. The van der Waals surface area contributed by atoms with Crippen molar-refractivity contribution in [3.05, 3.63) is 64.9 Å². The van der Waals surface area contributed by atoms with Crippen LogP contribution in [0.1, 0.15) is 36.9 Å². The van der Waals surface area contributed by atoms with Crippen LogP contribution in [0, 0.1) is 6.92 Å². The first-order valence-electron chi connectivity index (χ1n) is 9.78. The van der Waals surface area contributed by atoms with Crippen molar-refractivity contribution in [1.82, 2.24) is 9.55 Å². The number of carbonyl (C=O) groups is 1. The van der Waals surface area contributed by atoms with Crippen molar-refractivity contribution in [2.75, 3.05) is 0 Å². The Hall–Kier alpha value is -2.85. The lowest BCUT2D eigenvalue weighted by Crippen LogP contribution is -2.15. The molecule has 1 unspecified atom stereocenters. The summed E-state index contributed by atoms with van der Waals surface area (Å²) in [5.74, 6) is -1.43. The number of fused-ring (bicyclic) bond motifs is 2. The number of aryl methyl sites for hydroxylation is 2. The van der Waals surface area contributed by atoms with Crippen molar-refractivity contribution < 1.29 is 9.90 Å². The standard InChI is InChI=1S/C24H23ClN2O2/c1-4-5-18(24(28)29)22-14(2)26-20-8-7-17(25)13-19(20)23(22)16-6-9-21-15(12-16)10-11-27(21)3/h6-13,18H,4-5H2,1-3H3,(H,28,29). The van der Waals surface area contributed by atoms with Crippen LogP contribution < -0.4 is 0 Å². The molecule has 0 aliphatic carbocycles. The number of rotatable bonds is 5. The SMILES string of the molecule is CCCC(C(=O)O)c1c(C)nc2ccc(Cl)cc2c1-c1ccc2c(ccn2C)c1. The molecule has 4 nitrogen and oxygen atoms in total. The second-order valence-corrected chi connectivity index (χ2v) is 7.96. The number of pyridine rings is 1. The zero-order valence-electron chi connectivity index (χ0n) is 16.7. The first kappa shape index (κ1) is 19.5. The number of carboxylic acids is 1. The number of hydrogen-bond donors (Lipinski definition) is 1. The minimum absolute atomic E-state index is 0.560. The molecule has 4 rings (SSSR count). The van der Waals surface area contributed by atoms with Crippen LogP contribution in [0.4, 0.5) is 0 Å². The van der Waals surface area contributed by atoms with Gasteiger partial charge >= 0.3 is 5.97 Å². The molecule has 2 heterocycles. The Bertz CT molecular complexity index is 1240. The number of benzene rings is 2. The fourth-order valence-corrected chi connectivity index (χ4v) is 4.40. The highest BCUT2D eigenvalue weighted by Gasteiger charge is 2.27. The van der Waals surface area contributed by atoms with E-state index in [2.05, 4.69) is 28.8 Å². The van der Waals surface area contributed by atoms with E-state index in [9.17, 15) is 9.90 Å². The van der Waals surface area contributed by atoms with Gasteiger partial charge in [-0.1, -0.05) is 31.0 Å². The molecule has 4 aromatic rings. The molecule has 29 heavy (non-hydrogen) atoms. The zero-order chi connectivity index (χ0) is 20.7. The average molecular weight is 407 g/mol. The van der Waals surface area contributed by atoms with Gasteiger partial charge in [-0.25, -0.2) is 0 Å². The third kappa shape index (κ3) is 3.38. The first-order chi connectivity index (χ1) is 13.9. The minimum atomic E-state index is -0.819. The van der Waals surface area contributed by atoms with E-state index in [-0.39, 0.29) is 0 Å². The number of aromatic nitrogens is 2. The van der Waals surface area contributed by atoms with Crippen molar-refractivity contribution in [2.45, 2.75) is 32.6 Å². The Morgan fingerprint density at radius 1 is 1.21 bits per heavy atom. The summed E-state index contributed by atoms with van der Waals surface area (Å²) in [6.07, 6.45) is 3.37. The second-order valence-electron chi connectivity index (χ2n) is 7.53. The lowest BCUT2D eigenvalue weighted by molar-refractivity contribution is -0.139. The molecule has 0 fully saturated rings. The molecular formula is C24H23ClN2O2. The Labute approximate surface area is 174 Å². The van der Waals surface area contributed by atoms with Gasteiger partial charge in [0, 0.05) is 40.3 Å². The van der Waals surface area contributed by atoms with Crippen LogP contribution in [-0.4, -0.2) is 20.6 Å². The third-order valence-electron chi connectivity index (χ3n) is 5.57. The van der Waals surface area contributed by atoms with Crippen molar-refractivity contribution >= 4 is 39.4 Å². The number of hydrogen-bond acceptors (Lipinski definition) is 2. The van der Waals surface area contributed by atoms with E-state index in [0.29, 0.717) is 11.4 Å². The van der Waals surface area contributed by atoms with Gasteiger partial charge in [-0.05, 0) is 66.4 Å². The molecule has 0 radical (unpaired) electrons. The van der Waals surface area contributed by atoms with Crippen LogP contribution in [-0.2, 0) is 11.8 Å². The van der Waals surface area contributed by atoms with Gasteiger partial charge in [-0.3, -0.25) is 9.78 Å². The molecule has 0 bridgehead atoms. The molecular weight excluding hydrogens is 384 g/mol. The van der Waals surface area contributed by atoms with Gasteiger partial charge < -0.3 is 9.67 Å². The summed E-state index contributed by atoms with van der Waals surface area (Å²) in [6, 6.07) is 13.9. The van der Waals surface area contributed by atoms with Crippen LogP contribution >= 0.6 is 11.6 Å². The molecule has 2 aromatic heterocycles. The summed E-state index contributed by atoms with van der Waals surface area (Å²) in [4.78, 5) is 16.9. The molecule has 1 atom stereocenters. The van der Waals surface area contributed by atoms with Gasteiger partial charge in [0.2, 0.25) is 0 Å². The Morgan fingerprint density at radius 2 is 2.00 bits per heavy atom. The van der Waals surface area contributed by atoms with Crippen LogP contribution in [0.2, 0.25) is 5.02 Å². The Morgan fingerprint density at radius 3 is 2.72 bits per heavy atom. The average Bonchev–Trinajstić information content (AvgIpc) is 3.06. The molecule has 0 aliphatic rings. The van der Waals surface area contributed by atoms with E-state index < -0.39 is 11.9 Å². The normalized spacial score (nSPS) is 12.6. The Balaban J connectivity index is 2.11. The summed E-state index contributed by atoms with van der Waals surface area (Å²) in [5, 5.41) is 12.6. The monoisotopic (exact) mass is 406 g/mol. The van der Waals surface area contributed by atoms with Crippen LogP contribution in [0.25, 0.3) is 32.9 Å². The third-order valence-corrected chi connectivity index (χ3v) is 5.81. The summed E-state index contributed by atoms with van der Waals surface area (Å²) in [6.45, 7) is 3.91. The lowest BCUT2D eigenvalue weighted by Gasteiger charge is -2.21. The molecule has 2 aromatic carbocycles. The number of aliphatic carboxylic acids is 1. The molecule has 0 saturated carbocycles. The fourth-order valence-electron chi connectivity index (χ4n) is 4.23. The molecule has 0 aliphatic heterocycles. The van der Waals surface area contributed by atoms with E-state index in [1.807, 2.05) is 45.3 Å². The maximum atomic E-state index is 12.2. The highest BCUT2D eigenvalue weighted by Crippen LogP contribution is 2.40. The largest absolute Gasteiger partial charge is 0.481 e. The second kappa shape index (κ2) is 7.53. The van der Waals surface area contributed by atoms with Crippen molar-refractivity contribution in [3.63, 3.8) is 0 Å². The van der Waals surface area contributed by atoms with Crippen LogP contribution in [0.5, 0.6) is 0 Å². The van der Waals surface area contributed by atoms with Gasteiger partial charge in [0.05, 0.1) is 11.4 Å². The molecule has 0 amide bonds. The topological polar surface area (TPSA) is 55.1 Å². The van der Waals surface area contributed by atoms with Crippen LogP contribution in [0.15, 0.2) is 48.7 Å². The lowest BCUT2D eigenvalue weighted by atomic mass is 9.84. The smallest absolute Gasteiger partial charge is 0.311 e.